The molecule has 1 aromatic carbocycles. The van der Waals surface area contributed by atoms with Crippen LogP contribution >= 0.6 is 11.8 Å². The highest BCUT2D eigenvalue weighted by atomic mass is 32.2. The smallest absolute Gasteiger partial charge is 0.237 e. The van der Waals surface area contributed by atoms with E-state index in [9.17, 15) is 4.79 Å². The number of rotatable bonds is 7. The summed E-state index contributed by atoms with van der Waals surface area (Å²) in [7, 11) is 1.65. The Bertz CT molecular complexity index is 390. The van der Waals surface area contributed by atoms with E-state index in [2.05, 4.69) is 0 Å². The summed E-state index contributed by atoms with van der Waals surface area (Å²) in [4.78, 5) is 12.2. The molecule has 0 aromatic heterocycles. The summed E-state index contributed by atoms with van der Waals surface area (Å²) in [5, 5.41) is 0. The highest BCUT2D eigenvalue weighted by Gasteiger charge is 2.24. The van der Waals surface area contributed by atoms with Gasteiger partial charge in [-0.1, -0.05) is 0 Å². The normalized spacial score (nSPS) is 13.9. The van der Waals surface area contributed by atoms with Gasteiger partial charge in [0.25, 0.3) is 0 Å². The molecular weight excluding hydrogens is 248 g/mol. The van der Waals surface area contributed by atoms with E-state index in [1.807, 2.05) is 24.3 Å². The summed E-state index contributed by atoms with van der Waals surface area (Å²) in [6, 6.07) is 7.88. The van der Waals surface area contributed by atoms with Gasteiger partial charge in [-0.05, 0) is 49.8 Å². The minimum atomic E-state index is -0.902. The Morgan fingerprint density at radius 2 is 2.00 bits per heavy atom. The van der Waals surface area contributed by atoms with Gasteiger partial charge in [0.2, 0.25) is 5.91 Å². The number of hydrogen-bond acceptors (Lipinski definition) is 4. The van der Waals surface area contributed by atoms with Crippen LogP contribution in [0.25, 0.3) is 0 Å². The molecule has 0 aliphatic heterocycles. The fourth-order valence-electron chi connectivity index (χ4n) is 1.42. The molecule has 4 nitrogen and oxygen atoms in total. The van der Waals surface area contributed by atoms with Gasteiger partial charge in [-0.3, -0.25) is 4.79 Å². The third-order valence-corrected chi connectivity index (χ3v) is 3.83. The minimum absolute atomic E-state index is 0.447. The van der Waals surface area contributed by atoms with Crippen molar-refractivity contribution in [3.63, 3.8) is 0 Å². The van der Waals surface area contributed by atoms with Gasteiger partial charge in [0.15, 0.2) is 0 Å². The van der Waals surface area contributed by atoms with Gasteiger partial charge in [-0.25, -0.2) is 0 Å². The van der Waals surface area contributed by atoms with Crippen molar-refractivity contribution in [2.75, 3.05) is 12.9 Å². The lowest BCUT2D eigenvalue weighted by Crippen LogP contribution is -2.49. The molecule has 0 saturated heterocycles. The molecule has 18 heavy (non-hydrogen) atoms. The standard InChI is InChI=1S/C13H20N2O2S/c1-13(15,12(14)16)8-3-9-18-11-6-4-10(17-2)5-7-11/h4-7H,3,8-9,15H2,1-2H3,(H2,14,16). The molecule has 1 aromatic rings. The van der Waals surface area contributed by atoms with Crippen LogP contribution in [0.2, 0.25) is 0 Å². The summed E-state index contributed by atoms with van der Waals surface area (Å²) in [5.74, 6) is 1.31. The molecule has 0 bridgehead atoms. The van der Waals surface area contributed by atoms with Gasteiger partial charge in [0.1, 0.15) is 5.75 Å². The molecule has 0 aliphatic rings. The summed E-state index contributed by atoms with van der Waals surface area (Å²) in [6.45, 7) is 1.67. The van der Waals surface area contributed by atoms with Crippen molar-refractivity contribution in [1.82, 2.24) is 0 Å². The predicted octanol–water partition coefficient (Wildman–Crippen LogP) is 1.77. The zero-order chi connectivity index (χ0) is 13.6. The monoisotopic (exact) mass is 268 g/mol. The average molecular weight is 268 g/mol. The third kappa shape index (κ3) is 4.58. The second-order valence-corrected chi connectivity index (χ2v) is 5.58. The quantitative estimate of drug-likeness (QED) is 0.583. The number of thioether (sulfide) groups is 1. The second kappa shape index (κ2) is 6.66. The number of ether oxygens (including phenoxy) is 1. The average Bonchev–Trinajstić information content (AvgIpc) is 2.35. The number of benzene rings is 1. The Hall–Kier alpha value is -1.20. The molecule has 4 N–H and O–H groups in total. The molecule has 5 heteroatoms. The maximum Gasteiger partial charge on any atom is 0.237 e. The lowest BCUT2D eigenvalue weighted by Gasteiger charge is -2.19. The number of carbonyl (C=O) groups excluding carboxylic acids is 1. The first-order valence-corrected chi connectivity index (χ1v) is 6.80. The molecular formula is C13H20N2O2S. The summed E-state index contributed by atoms with van der Waals surface area (Å²) in [5.41, 5.74) is 10.1. The van der Waals surface area contributed by atoms with Crippen molar-refractivity contribution < 1.29 is 9.53 Å². The lowest BCUT2D eigenvalue weighted by atomic mass is 9.97. The van der Waals surface area contributed by atoms with Crippen LogP contribution in [0.5, 0.6) is 5.75 Å². The van der Waals surface area contributed by atoms with Crippen LogP contribution in [-0.2, 0) is 4.79 Å². The topological polar surface area (TPSA) is 78.3 Å². The molecule has 1 atom stereocenters. The third-order valence-electron chi connectivity index (χ3n) is 2.73. The van der Waals surface area contributed by atoms with Crippen molar-refractivity contribution >= 4 is 17.7 Å². The highest BCUT2D eigenvalue weighted by Crippen LogP contribution is 2.23. The van der Waals surface area contributed by atoms with Gasteiger partial charge in [0, 0.05) is 4.90 Å². The molecule has 0 fully saturated rings. The Morgan fingerprint density at radius 3 is 2.50 bits per heavy atom. The van der Waals surface area contributed by atoms with Crippen LogP contribution in [0.4, 0.5) is 0 Å². The van der Waals surface area contributed by atoms with Crippen LogP contribution < -0.4 is 16.2 Å². The van der Waals surface area contributed by atoms with Gasteiger partial charge in [-0.15, -0.1) is 11.8 Å². The number of methoxy groups -OCH3 is 1. The largest absolute Gasteiger partial charge is 0.497 e. The number of primary amides is 1. The number of hydrogen-bond donors (Lipinski definition) is 2. The SMILES string of the molecule is COc1ccc(SCCCC(C)(N)C(N)=O)cc1. The molecule has 0 spiro atoms. The number of amides is 1. The van der Waals surface area contributed by atoms with Gasteiger partial charge >= 0.3 is 0 Å². The van der Waals surface area contributed by atoms with E-state index in [0.717, 1.165) is 17.9 Å². The van der Waals surface area contributed by atoms with E-state index < -0.39 is 11.4 Å². The summed E-state index contributed by atoms with van der Waals surface area (Å²) in [6.07, 6.45) is 1.46. The van der Waals surface area contributed by atoms with Crippen LogP contribution in [-0.4, -0.2) is 24.3 Å². The van der Waals surface area contributed by atoms with E-state index >= 15 is 0 Å². The van der Waals surface area contributed by atoms with Crippen molar-refractivity contribution in [1.29, 1.82) is 0 Å². The molecule has 1 unspecified atom stereocenters. The molecule has 0 saturated carbocycles. The summed E-state index contributed by atoms with van der Waals surface area (Å²) >= 11 is 1.73. The maximum absolute atomic E-state index is 11.0. The van der Waals surface area contributed by atoms with Crippen LogP contribution in [0.1, 0.15) is 19.8 Å². The zero-order valence-corrected chi connectivity index (χ0v) is 11.6. The zero-order valence-electron chi connectivity index (χ0n) is 10.8. The first kappa shape index (κ1) is 14.9. The lowest BCUT2D eigenvalue weighted by molar-refractivity contribution is -0.122. The van der Waals surface area contributed by atoms with E-state index in [1.54, 1.807) is 25.8 Å². The van der Waals surface area contributed by atoms with Gasteiger partial charge in [0.05, 0.1) is 12.6 Å². The Kier molecular flexibility index (Phi) is 5.50. The minimum Gasteiger partial charge on any atom is -0.497 e. The molecule has 0 heterocycles. The highest BCUT2D eigenvalue weighted by molar-refractivity contribution is 7.99. The molecule has 100 valence electrons. The second-order valence-electron chi connectivity index (χ2n) is 4.41. The van der Waals surface area contributed by atoms with E-state index in [0.29, 0.717) is 6.42 Å². The first-order valence-electron chi connectivity index (χ1n) is 5.81. The van der Waals surface area contributed by atoms with Gasteiger partial charge < -0.3 is 16.2 Å². The number of carbonyl (C=O) groups is 1. The van der Waals surface area contributed by atoms with Crippen LogP contribution in [0.15, 0.2) is 29.2 Å². The fourth-order valence-corrected chi connectivity index (χ4v) is 2.28. The molecule has 1 rings (SSSR count). The van der Waals surface area contributed by atoms with E-state index in [4.69, 9.17) is 16.2 Å². The Balaban J connectivity index is 2.31. The van der Waals surface area contributed by atoms with Crippen molar-refractivity contribution in [2.24, 2.45) is 11.5 Å². The first-order chi connectivity index (χ1) is 8.45. The summed E-state index contributed by atoms with van der Waals surface area (Å²) < 4.78 is 5.09. The van der Waals surface area contributed by atoms with Crippen molar-refractivity contribution in [3.8, 4) is 5.75 Å². The molecule has 0 aliphatic carbocycles. The fraction of sp³-hybridized carbons (Fsp3) is 0.462. The molecule has 0 radical (unpaired) electrons. The van der Waals surface area contributed by atoms with E-state index in [1.165, 1.54) is 4.90 Å². The Labute approximate surface area is 112 Å². The van der Waals surface area contributed by atoms with Crippen LogP contribution in [0, 0.1) is 0 Å². The number of nitrogens with two attached hydrogens (primary N) is 2. The maximum atomic E-state index is 11.0. The van der Waals surface area contributed by atoms with Gasteiger partial charge in [-0.2, -0.15) is 0 Å². The van der Waals surface area contributed by atoms with Crippen LogP contribution in [0.3, 0.4) is 0 Å². The van der Waals surface area contributed by atoms with E-state index in [-0.39, 0.29) is 0 Å². The predicted molar refractivity (Wildman–Crippen MR) is 74.7 cm³/mol. The molecule has 1 amide bonds. The van der Waals surface area contributed by atoms with Crippen molar-refractivity contribution in [3.05, 3.63) is 24.3 Å². The Morgan fingerprint density at radius 1 is 1.39 bits per heavy atom. The van der Waals surface area contributed by atoms with Crippen molar-refractivity contribution in [2.45, 2.75) is 30.2 Å².